The highest BCUT2D eigenvalue weighted by atomic mass is 35.5. The molecular formula is C17H21ClF3N3O2. The molecule has 144 valence electrons. The maximum Gasteiger partial charge on any atom is 0.418 e. The maximum atomic E-state index is 13.1. The van der Waals surface area contributed by atoms with Gasteiger partial charge in [0.2, 0.25) is 11.8 Å². The molecule has 0 bridgehead atoms. The Bertz CT molecular complexity index is 680. The van der Waals surface area contributed by atoms with Gasteiger partial charge in [-0.05, 0) is 51.7 Å². The number of nitrogens with one attached hydrogen (secondary N) is 2. The summed E-state index contributed by atoms with van der Waals surface area (Å²) < 4.78 is 39.2. The van der Waals surface area contributed by atoms with Gasteiger partial charge in [-0.1, -0.05) is 11.6 Å². The van der Waals surface area contributed by atoms with Crippen LogP contribution >= 0.6 is 11.6 Å². The van der Waals surface area contributed by atoms with E-state index in [2.05, 4.69) is 10.6 Å². The highest BCUT2D eigenvalue weighted by Crippen LogP contribution is 2.41. The number of carbonyl (C=O) groups excluding carboxylic acids is 2. The van der Waals surface area contributed by atoms with Crippen LogP contribution in [0.5, 0.6) is 0 Å². The Hall–Kier alpha value is -1.80. The Morgan fingerprint density at radius 2 is 1.88 bits per heavy atom. The van der Waals surface area contributed by atoms with E-state index in [9.17, 15) is 22.8 Å². The van der Waals surface area contributed by atoms with Crippen molar-refractivity contribution in [3.63, 3.8) is 0 Å². The summed E-state index contributed by atoms with van der Waals surface area (Å²) in [6.45, 7) is 1.32. The molecule has 1 aliphatic rings. The lowest BCUT2D eigenvalue weighted by Crippen LogP contribution is -2.30. The highest BCUT2D eigenvalue weighted by molar-refractivity contribution is 6.30. The molecule has 2 rings (SSSR count). The average Bonchev–Trinajstić information content (AvgIpc) is 3.32. The molecule has 2 atom stereocenters. The predicted molar refractivity (Wildman–Crippen MR) is 92.9 cm³/mol. The first-order valence-electron chi connectivity index (χ1n) is 8.19. The molecule has 2 amide bonds. The van der Waals surface area contributed by atoms with E-state index in [0.29, 0.717) is 13.0 Å². The highest BCUT2D eigenvalue weighted by Gasteiger charge is 2.48. The van der Waals surface area contributed by atoms with Crippen molar-refractivity contribution in [3.05, 3.63) is 28.8 Å². The van der Waals surface area contributed by atoms with Crippen LogP contribution in [0.2, 0.25) is 5.02 Å². The SMILES string of the molecule is CN(C)CCCNC(=O)C1CC1C(=O)Nc1ccc(Cl)cc1C(F)(F)F. The topological polar surface area (TPSA) is 61.4 Å². The van der Waals surface area contributed by atoms with Crippen molar-refractivity contribution in [1.29, 1.82) is 0 Å². The third kappa shape index (κ3) is 5.60. The summed E-state index contributed by atoms with van der Waals surface area (Å²) in [5, 5.41) is 4.95. The predicted octanol–water partition coefficient (Wildman–Crippen LogP) is 3.00. The second-order valence-electron chi connectivity index (χ2n) is 6.57. The first kappa shape index (κ1) is 20.5. The van der Waals surface area contributed by atoms with Crippen LogP contribution in [-0.2, 0) is 15.8 Å². The van der Waals surface area contributed by atoms with Crippen LogP contribution in [0.1, 0.15) is 18.4 Å². The van der Waals surface area contributed by atoms with Gasteiger partial charge in [0, 0.05) is 11.6 Å². The van der Waals surface area contributed by atoms with Crippen molar-refractivity contribution in [1.82, 2.24) is 10.2 Å². The van der Waals surface area contributed by atoms with Gasteiger partial charge in [-0.15, -0.1) is 0 Å². The summed E-state index contributed by atoms with van der Waals surface area (Å²) in [4.78, 5) is 26.2. The molecule has 2 N–H and O–H groups in total. The van der Waals surface area contributed by atoms with E-state index in [1.807, 2.05) is 19.0 Å². The number of alkyl halides is 3. The lowest BCUT2D eigenvalue weighted by Gasteiger charge is -2.14. The third-order valence-electron chi connectivity index (χ3n) is 4.09. The zero-order chi connectivity index (χ0) is 19.5. The van der Waals surface area contributed by atoms with Crippen LogP contribution in [0.15, 0.2) is 18.2 Å². The van der Waals surface area contributed by atoms with Crippen LogP contribution < -0.4 is 10.6 Å². The normalized spacial score (nSPS) is 19.3. The number of hydrogen-bond donors (Lipinski definition) is 2. The summed E-state index contributed by atoms with van der Waals surface area (Å²) in [7, 11) is 3.85. The summed E-state index contributed by atoms with van der Waals surface area (Å²) >= 11 is 5.61. The Kier molecular flexibility index (Phi) is 6.52. The van der Waals surface area contributed by atoms with Crippen molar-refractivity contribution in [3.8, 4) is 0 Å². The zero-order valence-corrected chi connectivity index (χ0v) is 15.2. The van der Waals surface area contributed by atoms with Crippen LogP contribution in [0.25, 0.3) is 0 Å². The summed E-state index contributed by atoms with van der Waals surface area (Å²) in [6.07, 6.45) is -3.53. The number of hydrogen-bond acceptors (Lipinski definition) is 3. The van der Waals surface area contributed by atoms with Gasteiger partial charge >= 0.3 is 6.18 Å². The van der Waals surface area contributed by atoms with Gasteiger partial charge < -0.3 is 15.5 Å². The first-order valence-corrected chi connectivity index (χ1v) is 8.57. The largest absolute Gasteiger partial charge is 0.418 e. The molecular weight excluding hydrogens is 371 g/mol. The van der Waals surface area contributed by atoms with Gasteiger partial charge in [0.15, 0.2) is 0 Å². The molecule has 1 saturated carbocycles. The smallest absolute Gasteiger partial charge is 0.356 e. The van der Waals surface area contributed by atoms with E-state index in [1.165, 1.54) is 6.07 Å². The van der Waals surface area contributed by atoms with Gasteiger partial charge in [0.25, 0.3) is 0 Å². The van der Waals surface area contributed by atoms with Crippen molar-refractivity contribution in [2.24, 2.45) is 11.8 Å². The minimum absolute atomic E-state index is 0.0725. The zero-order valence-electron chi connectivity index (χ0n) is 14.5. The van der Waals surface area contributed by atoms with Crippen LogP contribution in [0.4, 0.5) is 18.9 Å². The number of carbonyl (C=O) groups is 2. The Labute approximate surface area is 154 Å². The van der Waals surface area contributed by atoms with Crippen LogP contribution in [0, 0.1) is 11.8 Å². The standard InChI is InChI=1S/C17H21ClF3N3O2/c1-24(2)7-3-6-22-15(25)11-9-12(11)16(26)23-14-5-4-10(18)8-13(14)17(19,20)21/h4-5,8,11-12H,3,6-7,9H2,1-2H3,(H,22,25)(H,23,26). The quantitative estimate of drug-likeness (QED) is 0.702. The van der Waals surface area contributed by atoms with Crippen molar-refractivity contribution >= 4 is 29.1 Å². The molecule has 0 saturated heterocycles. The van der Waals surface area contributed by atoms with Crippen molar-refractivity contribution < 1.29 is 22.8 Å². The van der Waals surface area contributed by atoms with E-state index in [4.69, 9.17) is 11.6 Å². The number of amides is 2. The number of halogens is 4. The number of anilines is 1. The maximum absolute atomic E-state index is 13.1. The molecule has 0 aliphatic heterocycles. The molecule has 1 aliphatic carbocycles. The molecule has 9 heteroatoms. The van der Waals surface area contributed by atoms with Gasteiger partial charge in [0.05, 0.1) is 23.1 Å². The van der Waals surface area contributed by atoms with Gasteiger partial charge in [-0.3, -0.25) is 9.59 Å². The Balaban J connectivity index is 1.89. The van der Waals surface area contributed by atoms with Gasteiger partial charge in [0.1, 0.15) is 0 Å². The van der Waals surface area contributed by atoms with E-state index >= 15 is 0 Å². The second kappa shape index (κ2) is 8.26. The number of rotatable bonds is 7. The van der Waals surface area contributed by atoms with Crippen molar-refractivity contribution in [2.75, 3.05) is 32.5 Å². The van der Waals surface area contributed by atoms with E-state index in [0.717, 1.165) is 25.1 Å². The number of nitrogens with zero attached hydrogens (tertiary/aromatic N) is 1. The average molecular weight is 392 g/mol. The summed E-state index contributed by atoms with van der Waals surface area (Å²) in [5.41, 5.74) is -1.37. The fourth-order valence-electron chi connectivity index (χ4n) is 2.60. The second-order valence-corrected chi connectivity index (χ2v) is 7.01. The molecule has 2 unspecified atom stereocenters. The molecule has 0 aromatic heterocycles. The minimum Gasteiger partial charge on any atom is -0.356 e. The third-order valence-corrected chi connectivity index (χ3v) is 4.33. The van der Waals surface area contributed by atoms with Gasteiger partial charge in [-0.2, -0.15) is 13.2 Å². The van der Waals surface area contributed by atoms with E-state index < -0.39 is 29.5 Å². The molecule has 0 radical (unpaired) electrons. The fourth-order valence-corrected chi connectivity index (χ4v) is 2.77. The van der Waals surface area contributed by atoms with Crippen molar-refractivity contribution in [2.45, 2.75) is 19.0 Å². The molecule has 1 aromatic carbocycles. The lowest BCUT2D eigenvalue weighted by molar-refractivity contribution is -0.137. The van der Waals surface area contributed by atoms with E-state index in [1.54, 1.807) is 0 Å². The summed E-state index contributed by atoms with van der Waals surface area (Å²) in [5.74, 6) is -1.93. The molecule has 26 heavy (non-hydrogen) atoms. The molecule has 1 aromatic rings. The van der Waals surface area contributed by atoms with Crippen LogP contribution in [0.3, 0.4) is 0 Å². The summed E-state index contributed by atoms with van der Waals surface area (Å²) in [6, 6.07) is 3.15. The molecule has 0 heterocycles. The number of benzene rings is 1. The van der Waals surface area contributed by atoms with Crippen LogP contribution in [-0.4, -0.2) is 43.9 Å². The monoisotopic (exact) mass is 391 g/mol. The fraction of sp³-hybridized carbons (Fsp3) is 0.529. The van der Waals surface area contributed by atoms with Gasteiger partial charge in [-0.25, -0.2) is 0 Å². The Morgan fingerprint density at radius 3 is 2.50 bits per heavy atom. The van der Waals surface area contributed by atoms with E-state index in [-0.39, 0.29) is 16.6 Å². The minimum atomic E-state index is -4.64. The molecule has 0 spiro atoms. The first-order chi connectivity index (χ1) is 12.1. The Morgan fingerprint density at radius 1 is 1.23 bits per heavy atom. The molecule has 5 nitrogen and oxygen atoms in total. The lowest BCUT2D eigenvalue weighted by atomic mass is 10.1. The molecule has 1 fully saturated rings.